The number of carbonyl (C=O) groups excluding carboxylic acids is 2. The maximum Gasteiger partial charge on any atom is 0.276 e. The molecular weight excluding hydrogens is 442 g/mol. The SMILES string of the molecule is O=C1c2ccccc2C(=O)N1CCCCSc1nnc(-c2ccc(Br)cc2)o1. The molecule has 1 aromatic heterocycles. The van der Waals surface area contributed by atoms with Gasteiger partial charge in [-0.2, -0.15) is 0 Å². The quantitative estimate of drug-likeness (QED) is 0.291. The molecule has 0 atom stereocenters. The number of hydrogen-bond acceptors (Lipinski definition) is 6. The Morgan fingerprint density at radius 2 is 1.61 bits per heavy atom. The van der Waals surface area contributed by atoms with Crippen molar-refractivity contribution in [3.8, 4) is 11.5 Å². The zero-order valence-electron chi connectivity index (χ0n) is 14.8. The van der Waals surface area contributed by atoms with Crippen LogP contribution >= 0.6 is 27.7 Å². The molecule has 3 aromatic rings. The molecule has 1 aliphatic heterocycles. The molecule has 0 aliphatic carbocycles. The van der Waals surface area contributed by atoms with Gasteiger partial charge in [0, 0.05) is 22.3 Å². The summed E-state index contributed by atoms with van der Waals surface area (Å²) in [5.74, 6) is 0.847. The van der Waals surface area contributed by atoms with Crippen molar-refractivity contribution >= 4 is 39.5 Å². The van der Waals surface area contributed by atoms with Crippen LogP contribution in [0.1, 0.15) is 33.6 Å². The number of benzene rings is 2. The topological polar surface area (TPSA) is 76.3 Å². The van der Waals surface area contributed by atoms with Gasteiger partial charge in [0.2, 0.25) is 5.89 Å². The summed E-state index contributed by atoms with van der Waals surface area (Å²) in [6.45, 7) is 0.418. The summed E-state index contributed by atoms with van der Waals surface area (Å²) in [7, 11) is 0. The number of rotatable bonds is 7. The average Bonchev–Trinajstić information content (AvgIpc) is 3.27. The Balaban J connectivity index is 1.24. The van der Waals surface area contributed by atoms with Crippen LogP contribution in [0.2, 0.25) is 0 Å². The van der Waals surface area contributed by atoms with Crippen molar-refractivity contribution < 1.29 is 14.0 Å². The number of nitrogens with zero attached hydrogens (tertiary/aromatic N) is 3. The van der Waals surface area contributed by atoms with Crippen molar-refractivity contribution in [2.45, 2.75) is 18.1 Å². The number of hydrogen-bond donors (Lipinski definition) is 0. The van der Waals surface area contributed by atoms with Crippen molar-refractivity contribution in [3.63, 3.8) is 0 Å². The molecule has 0 bridgehead atoms. The predicted octanol–water partition coefficient (Wildman–Crippen LogP) is 4.67. The summed E-state index contributed by atoms with van der Waals surface area (Å²) < 4.78 is 6.66. The third-order valence-electron chi connectivity index (χ3n) is 4.38. The van der Waals surface area contributed by atoms with E-state index in [2.05, 4.69) is 26.1 Å². The number of thioether (sulfide) groups is 1. The van der Waals surface area contributed by atoms with E-state index < -0.39 is 0 Å². The Bertz CT molecular complexity index is 985. The Hall–Kier alpha value is -2.45. The molecule has 8 heteroatoms. The Kier molecular flexibility index (Phi) is 5.59. The van der Waals surface area contributed by atoms with Gasteiger partial charge in [-0.25, -0.2) is 0 Å². The highest BCUT2D eigenvalue weighted by molar-refractivity contribution is 9.10. The van der Waals surface area contributed by atoms with E-state index in [1.54, 1.807) is 24.3 Å². The molecule has 0 unspecified atom stereocenters. The van der Waals surface area contributed by atoms with Crippen LogP contribution in [-0.2, 0) is 0 Å². The molecule has 0 fully saturated rings. The number of imide groups is 1. The van der Waals surface area contributed by atoms with Crippen LogP contribution in [0.3, 0.4) is 0 Å². The summed E-state index contributed by atoms with van der Waals surface area (Å²) >= 11 is 4.87. The summed E-state index contributed by atoms with van der Waals surface area (Å²) in [5, 5.41) is 8.64. The fraction of sp³-hybridized carbons (Fsp3) is 0.200. The first-order valence-electron chi connectivity index (χ1n) is 8.81. The second-order valence-corrected chi connectivity index (χ2v) is 8.20. The molecule has 2 amide bonds. The lowest BCUT2D eigenvalue weighted by Gasteiger charge is -2.13. The Labute approximate surface area is 174 Å². The number of unbranched alkanes of at least 4 members (excludes halogenated alkanes) is 1. The maximum absolute atomic E-state index is 12.3. The smallest absolute Gasteiger partial charge is 0.276 e. The van der Waals surface area contributed by atoms with E-state index in [1.807, 2.05) is 24.3 Å². The van der Waals surface area contributed by atoms with Gasteiger partial charge in [-0.1, -0.05) is 39.8 Å². The minimum absolute atomic E-state index is 0.204. The third kappa shape index (κ3) is 3.88. The van der Waals surface area contributed by atoms with Crippen LogP contribution in [0.25, 0.3) is 11.5 Å². The van der Waals surface area contributed by atoms with E-state index in [0.29, 0.717) is 28.8 Å². The fourth-order valence-corrected chi connectivity index (χ4v) is 3.97. The molecule has 0 radical (unpaired) electrons. The number of fused-ring (bicyclic) bond motifs is 1. The van der Waals surface area contributed by atoms with E-state index in [4.69, 9.17) is 4.42 Å². The summed E-state index contributed by atoms with van der Waals surface area (Å²) in [5.41, 5.74) is 1.86. The number of halogens is 1. The van der Waals surface area contributed by atoms with Crippen LogP contribution in [0.4, 0.5) is 0 Å². The van der Waals surface area contributed by atoms with Gasteiger partial charge in [0.25, 0.3) is 17.0 Å². The maximum atomic E-state index is 12.3. The minimum atomic E-state index is -0.204. The summed E-state index contributed by atoms with van der Waals surface area (Å²) in [4.78, 5) is 26.0. The molecule has 1 aliphatic rings. The summed E-state index contributed by atoms with van der Waals surface area (Å²) in [6.07, 6.45) is 1.56. The van der Waals surface area contributed by atoms with Gasteiger partial charge in [-0.3, -0.25) is 14.5 Å². The van der Waals surface area contributed by atoms with Gasteiger partial charge >= 0.3 is 0 Å². The Morgan fingerprint density at radius 3 is 2.29 bits per heavy atom. The lowest BCUT2D eigenvalue weighted by Crippen LogP contribution is -2.30. The van der Waals surface area contributed by atoms with E-state index in [0.717, 1.165) is 28.6 Å². The fourth-order valence-electron chi connectivity index (χ4n) is 2.95. The molecule has 6 nitrogen and oxygen atoms in total. The van der Waals surface area contributed by atoms with Crippen molar-refractivity contribution in [1.29, 1.82) is 0 Å². The zero-order chi connectivity index (χ0) is 19.5. The van der Waals surface area contributed by atoms with Gasteiger partial charge < -0.3 is 4.42 Å². The van der Waals surface area contributed by atoms with Crippen molar-refractivity contribution in [3.05, 3.63) is 64.1 Å². The van der Waals surface area contributed by atoms with Crippen LogP contribution in [-0.4, -0.2) is 39.2 Å². The van der Waals surface area contributed by atoms with E-state index in [-0.39, 0.29) is 11.8 Å². The van der Waals surface area contributed by atoms with Crippen LogP contribution in [0.5, 0.6) is 0 Å². The number of aromatic nitrogens is 2. The lowest BCUT2D eigenvalue weighted by atomic mass is 10.1. The summed E-state index contributed by atoms with van der Waals surface area (Å²) in [6, 6.07) is 14.6. The van der Waals surface area contributed by atoms with Gasteiger partial charge in [0.1, 0.15) is 0 Å². The normalized spacial score (nSPS) is 13.2. The van der Waals surface area contributed by atoms with E-state index >= 15 is 0 Å². The van der Waals surface area contributed by atoms with Crippen molar-refractivity contribution in [1.82, 2.24) is 15.1 Å². The van der Waals surface area contributed by atoms with Crippen molar-refractivity contribution in [2.75, 3.05) is 12.3 Å². The molecule has 0 saturated carbocycles. The van der Waals surface area contributed by atoms with E-state index in [9.17, 15) is 9.59 Å². The van der Waals surface area contributed by atoms with Crippen LogP contribution in [0, 0.1) is 0 Å². The predicted molar refractivity (Wildman–Crippen MR) is 109 cm³/mol. The molecule has 2 heterocycles. The van der Waals surface area contributed by atoms with Crippen LogP contribution < -0.4 is 0 Å². The number of carbonyl (C=O) groups is 2. The zero-order valence-corrected chi connectivity index (χ0v) is 17.2. The minimum Gasteiger partial charge on any atom is -0.411 e. The van der Waals surface area contributed by atoms with Gasteiger partial charge in [-0.15, -0.1) is 10.2 Å². The Morgan fingerprint density at radius 1 is 0.929 bits per heavy atom. The molecule has 0 saturated heterocycles. The molecule has 0 N–H and O–H groups in total. The van der Waals surface area contributed by atoms with Gasteiger partial charge in [-0.05, 0) is 49.2 Å². The molecule has 4 rings (SSSR count). The first kappa shape index (κ1) is 18.9. The third-order valence-corrected chi connectivity index (χ3v) is 5.81. The average molecular weight is 458 g/mol. The molecule has 0 spiro atoms. The monoisotopic (exact) mass is 457 g/mol. The van der Waals surface area contributed by atoms with Crippen molar-refractivity contribution in [2.24, 2.45) is 0 Å². The molecular formula is C20H16BrN3O3S. The van der Waals surface area contributed by atoms with E-state index in [1.165, 1.54) is 16.7 Å². The molecule has 2 aromatic carbocycles. The molecule has 142 valence electrons. The van der Waals surface area contributed by atoms with Gasteiger partial charge in [0.05, 0.1) is 11.1 Å². The second kappa shape index (κ2) is 8.28. The first-order valence-corrected chi connectivity index (χ1v) is 10.6. The second-order valence-electron chi connectivity index (χ2n) is 6.24. The standard InChI is InChI=1S/C20H16BrN3O3S/c21-14-9-7-13(8-10-14)17-22-23-20(27-17)28-12-4-3-11-24-18(25)15-5-1-2-6-16(15)19(24)26/h1-2,5-10H,3-4,11-12H2. The number of amides is 2. The highest BCUT2D eigenvalue weighted by Gasteiger charge is 2.34. The first-order chi connectivity index (χ1) is 13.6. The van der Waals surface area contributed by atoms with Gasteiger partial charge in [0.15, 0.2) is 0 Å². The lowest BCUT2D eigenvalue weighted by molar-refractivity contribution is 0.0652. The largest absolute Gasteiger partial charge is 0.411 e. The van der Waals surface area contributed by atoms with Crippen LogP contribution in [0.15, 0.2) is 62.6 Å². The molecule has 28 heavy (non-hydrogen) atoms. The highest BCUT2D eigenvalue weighted by atomic mass is 79.9. The highest BCUT2D eigenvalue weighted by Crippen LogP contribution is 2.26.